The van der Waals surface area contributed by atoms with Crippen molar-refractivity contribution in [2.45, 2.75) is 45.2 Å². The van der Waals surface area contributed by atoms with Crippen LogP contribution in [0.4, 0.5) is 5.82 Å². The van der Waals surface area contributed by atoms with Crippen LogP contribution in [0.25, 0.3) is 0 Å². The number of hydrogen-bond acceptors (Lipinski definition) is 4. The highest BCUT2D eigenvalue weighted by molar-refractivity contribution is 5.50. The van der Waals surface area contributed by atoms with E-state index < -0.39 is 0 Å². The monoisotopic (exact) mass is 274 g/mol. The standard InChI is InChI=1S/C16H26N4/c1-13-6-7-18-16(15(13)12-17)20-10-8-19(9-11-20)14-4-2-3-5-14/h6-7,14H,2-5,8-12,17H2,1H3. The van der Waals surface area contributed by atoms with Crippen LogP contribution in [0.15, 0.2) is 12.3 Å². The van der Waals surface area contributed by atoms with Gasteiger partial charge in [0, 0.05) is 50.5 Å². The minimum atomic E-state index is 0.581. The SMILES string of the molecule is Cc1ccnc(N2CCN(C3CCCC3)CC2)c1CN. The van der Waals surface area contributed by atoms with Crippen molar-refractivity contribution < 1.29 is 0 Å². The minimum Gasteiger partial charge on any atom is -0.354 e. The van der Waals surface area contributed by atoms with Crippen LogP contribution in [-0.2, 0) is 6.54 Å². The molecular weight excluding hydrogens is 248 g/mol. The molecule has 1 aromatic rings. The van der Waals surface area contributed by atoms with Crippen molar-refractivity contribution in [3.8, 4) is 0 Å². The van der Waals surface area contributed by atoms with Gasteiger partial charge in [-0.3, -0.25) is 4.90 Å². The second-order valence-electron chi connectivity index (χ2n) is 6.10. The third-order valence-electron chi connectivity index (χ3n) is 4.93. The van der Waals surface area contributed by atoms with Crippen molar-refractivity contribution in [2.75, 3.05) is 31.1 Å². The summed E-state index contributed by atoms with van der Waals surface area (Å²) in [5.41, 5.74) is 8.38. The summed E-state index contributed by atoms with van der Waals surface area (Å²) in [6, 6.07) is 2.90. The van der Waals surface area contributed by atoms with E-state index in [9.17, 15) is 0 Å². The predicted octanol–water partition coefficient (Wildman–Crippen LogP) is 1.91. The number of nitrogens with zero attached hydrogens (tertiary/aromatic N) is 3. The third kappa shape index (κ3) is 2.67. The Morgan fingerprint density at radius 2 is 1.90 bits per heavy atom. The molecule has 0 bridgehead atoms. The highest BCUT2D eigenvalue weighted by Crippen LogP contribution is 2.26. The lowest BCUT2D eigenvalue weighted by Crippen LogP contribution is -2.50. The van der Waals surface area contributed by atoms with Crippen LogP contribution in [0, 0.1) is 6.92 Å². The highest BCUT2D eigenvalue weighted by atomic mass is 15.3. The third-order valence-corrected chi connectivity index (χ3v) is 4.93. The Labute approximate surface area is 122 Å². The van der Waals surface area contributed by atoms with E-state index in [-0.39, 0.29) is 0 Å². The molecule has 3 rings (SSSR count). The first-order valence-corrected chi connectivity index (χ1v) is 7.93. The number of anilines is 1. The van der Waals surface area contributed by atoms with Crippen LogP contribution >= 0.6 is 0 Å². The molecule has 4 heteroatoms. The van der Waals surface area contributed by atoms with E-state index in [1.54, 1.807) is 0 Å². The van der Waals surface area contributed by atoms with Crippen LogP contribution in [0.3, 0.4) is 0 Å². The van der Waals surface area contributed by atoms with Crippen molar-refractivity contribution >= 4 is 5.82 Å². The van der Waals surface area contributed by atoms with Gasteiger partial charge in [0.25, 0.3) is 0 Å². The Morgan fingerprint density at radius 1 is 1.20 bits per heavy atom. The fourth-order valence-corrected chi connectivity index (χ4v) is 3.67. The van der Waals surface area contributed by atoms with Gasteiger partial charge in [-0.15, -0.1) is 0 Å². The first-order chi connectivity index (χ1) is 9.79. The lowest BCUT2D eigenvalue weighted by Gasteiger charge is -2.39. The van der Waals surface area contributed by atoms with E-state index in [1.165, 1.54) is 49.9 Å². The molecule has 0 spiro atoms. The molecular formula is C16H26N4. The average molecular weight is 274 g/mol. The molecule has 2 N–H and O–H groups in total. The fourth-order valence-electron chi connectivity index (χ4n) is 3.67. The number of hydrogen-bond donors (Lipinski definition) is 1. The number of pyridine rings is 1. The van der Waals surface area contributed by atoms with Crippen LogP contribution in [0.5, 0.6) is 0 Å². The van der Waals surface area contributed by atoms with Crippen molar-refractivity contribution in [3.63, 3.8) is 0 Å². The molecule has 1 saturated heterocycles. The Kier molecular flexibility index (Phi) is 4.22. The number of aryl methyl sites for hydroxylation is 1. The van der Waals surface area contributed by atoms with Gasteiger partial charge in [0.05, 0.1) is 0 Å². The average Bonchev–Trinajstić information content (AvgIpc) is 3.01. The van der Waals surface area contributed by atoms with Crippen molar-refractivity contribution in [1.82, 2.24) is 9.88 Å². The number of nitrogens with two attached hydrogens (primary N) is 1. The Hall–Kier alpha value is -1.13. The van der Waals surface area contributed by atoms with Crippen LogP contribution < -0.4 is 10.6 Å². The normalized spacial score (nSPS) is 21.6. The fraction of sp³-hybridized carbons (Fsp3) is 0.688. The number of rotatable bonds is 3. The molecule has 2 aliphatic rings. The van der Waals surface area contributed by atoms with E-state index in [2.05, 4.69) is 27.8 Å². The predicted molar refractivity (Wildman–Crippen MR) is 82.9 cm³/mol. The summed E-state index contributed by atoms with van der Waals surface area (Å²) in [6.07, 6.45) is 7.55. The molecule has 0 atom stereocenters. The van der Waals surface area contributed by atoms with E-state index in [1.807, 2.05) is 6.20 Å². The maximum Gasteiger partial charge on any atom is 0.133 e. The molecule has 0 aromatic carbocycles. The summed E-state index contributed by atoms with van der Waals surface area (Å²) >= 11 is 0. The first-order valence-electron chi connectivity index (χ1n) is 7.93. The van der Waals surface area contributed by atoms with Crippen molar-refractivity contribution in [1.29, 1.82) is 0 Å². The molecule has 0 amide bonds. The number of piperazine rings is 1. The summed E-state index contributed by atoms with van der Waals surface area (Å²) < 4.78 is 0. The van der Waals surface area contributed by atoms with E-state index in [0.717, 1.165) is 24.9 Å². The summed E-state index contributed by atoms with van der Waals surface area (Å²) in [7, 11) is 0. The van der Waals surface area contributed by atoms with Gasteiger partial charge in [-0.2, -0.15) is 0 Å². The van der Waals surface area contributed by atoms with Crippen LogP contribution in [-0.4, -0.2) is 42.1 Å². The van der Waals surface area contributed by atoms with E-state index in [0.29, 0.717) is 6.54 Å². The van der Waals surface area contributed by atoms with Gasteiger partial charge in [-0.05, 0) is 31.4 Å². The van der Waals surface area contributed by atoms with Crippen LogP contribution in [0.1, 0.15) is 36.8 Å². The van der Waals surface area contributed by atoms with Gasteiger partial charge in [0.1, 0.15) is 5.82 Å². The zero-order valence-corrected chi connectivity index (χ0v) is 12.5. The topological polar surface area (TPSA) is 45.4 Å². The summed E-state index contributed by atoms with van der Waals surface area (Å²) in [4.78, 5) is 9.68. The van der Waals surface area contributed by atoms with Gasteiger partial charge in [-0.25, -0.2) is 4.98 Å². The quantitative estimate of drug-likeness (QED) is 0.914. The minimum absolute atomic E-state index is 0.581. The molecule has 1 aromatic heterocycles. The van der Waals surface area contributed by atoms with Gasteiger partial charge in [0.2, 0.25) is 0 Å². The second-order valence-corrected chi connectivity index (χ2v) is 6.10. The van der Waals surface area contributed by atoms with Gasteiger partial charge >= 0.3 is 0 Å². The molecule has 1 aliphatic carbocycles. The highest BCUT2D eigenvalue weighted by Gasteiger charge is 2.27. The Morgan fingerprint density at radius 3 is 2.55 bits per heavy atom. The van der Waals surface area contributed by atoms with Gasteiger partial charge in [0.15, 0.2) is 0 Å². The second kappa shape index (κ2) is 6.10. The van der Waals surface area contributed by atoms with Crippen molar-refractivity contribution in [2.24, 2.45) is 5.73 Å². The van der Waals surface area contributed by atoms with Crippen molar-refractivity contribution in [3.05, 3.63) is 23.4 Å². The Balaban J connectivity index is 1.67. The summed E-state index contributed by atoms with van der Waals surface area (Å²) in [6.45, 7) is 7.22. The molecule has 110 valence electrons. The summed E-state index contributed by atoms with van der Waals surface area (Å²) in [5.74, 6) is 1.11. The molecule has 0 radical (unpaired) electrons. The Bertz CT molecular complexity index is 446. The maximum absolute atomic E-state index is 5.91. The van der Waals surface area contributed by atoms with Gasteiger partial charge in [-0.1, -0.05) is 12.8 Å². The van der Waals surface area contributed by atoms with E-state index in [4.69, 9.17) is 5.73 Å². The molecule has 4 nitrogen and oxygen atoms in total. The largest absolute Gasteiger partial charge is 0.354 e. The molecule has 2 fully saturated rings. The summed E-state index contributed by atoms with van der Waals surface area (Å²) in [5, 5.41) is 0. The molecule has 0 unspecified atom stereocenters. The van der Waals surface area contributed by atoms with Crippen LogP contribution in [0.2, 0.25) is 0 Å². The van der Waals surface area contributed by atoms with Gasteiger partial charge < -0.3 is 10.6 Å². The zero-order valence-electron chi connectivity index (χ0n) is 12.5. The molecule has 1 saturated carbocycles. The molecule has 20 heavy (non-hydrogen) atoms. The lowest BCUT2D eigenvalue weighted by atomic mass is 10.1. The van der Waals surface area contributed by atoms with E-state index >= 15 is 0 Å². The lowest BCUT2D eigenvalue weighted by molar-refractivity contribution is 0.187. The zero-order chi connectivity index (χ0) is 13.9. The molecule has 2 heterocycles. The smallest absolute Gasteiger partial charge is 0.133 e. The first kappa shape index (κ1) is 13.8. The molecule has 1 aliphatic heterocycles. The maximum atomic E-state index is 5.91. The number of aromatic nitrogens is 1.